The van der Waals surface area contributed by atoms with Gasteiger partial charge in [-0.15, -0.1) is 0 Å². The highest BCUT2D eigenvalue weighted by Gasteiger charge is 2.27. The van der Waals surface area contributed by atoms with Crippen molar-refractivity contribution in [1.29, 1.82) is 0 Å². The zero-order valence-electron chi connectivity index (χ0n) is 8.28. The van der Waals surface area contributed by atoms with Gasteiger partial charge in [0.15, 0.2) is 0 Å². The van der Waals surface area contributed by atoms with E-state index in [-0.39, 0.29) is 10.6 Å². The lowest BCUT2D eigenvalue weighted by molar-refractivity contribution is -0.143. The van der Waals surface area contributed by atoms with Crippen LogP contribution in [-0.4, -0.2) is 32.2 Å². The second-order valence-corrected chi connectivity index (χ2v) is 6.14. The molecule has 0 saturated carbocycles. The van der Waals surface area contributed by atoms with Crippen LogP contribution in [0.5, 0.6) is 0 Å². The molecule has 0 aromatic heterocycles. The summed E-state index contributed by atoms with van der Waals surface area (Å²) in [4.78, 5) is 11.2. The molecule has 1 N–H and O–H groups in total. The Kier molecular flexibility index (Phi) is 5.61. The second-order valence-electron chi connectivity index (χ2n) is 3.09. The van der Waals surface area contributed by atoms with Gasteiger partial charge < -0.3 is 4.74 Å². The maximum Gasteiger partial charge on any atom is 0.324 e. The van der Waals surface area contributed by atoms with E-state index in [0.29, 0.717) is 0 Å². The molecular weight excluding hydrogens is 274 g/mol. The van der Waals surface area contributed by atoms with Gasteiger partial charge >= 0.3 is 5.97 Å². The van der Waals surface area contributed by atoms with Crippen molar-refractivity contribution >= 4 is 31.9 Å². The molecule has 0 saturated heterocycles. The summed E-state index contributed by atoms with van der Waals surface area (Å²) in [5, 5.41) is 0. The van der Waals surface area contributed by atoms with E-state index in [1.54, 1.807) is 13.8 Å². The molecule has 0 rings (SSSR count). The van der Waals surface area contributed by atoms with E-state index >= 15 is 0 Å². The number of carbonyl (C=O) groups excluding carboxylic acids is 1. The third kappa shape index (κ3) is 4.39. The largest absolute Gasteiger partial charge is 0.468 e. The van der Waals surface area contributed by atoms with Gasteiger partial charge in [0.2, 0.25) is 10.0 Å². The molecule has 0 radical (unpaired) electrons. The lowest BCUT2D eigenvalue weighted by Crippen LogP contribution is -2.45. The third-order valence-electron chi connectivity index (χ3n) is 1.57. The van der Waals surface area contributed by atoms with Crippen LogP contribution in [-0.2, 0) is 19.6 Å². The average Bonchev–Trinajstić information content (AvgIpc) is 2.13. The number of carbonyl (C=O) groups is 1. The van der Waals surface area contributed by atoms with Crippen LogP contribution in [0.15, 0.2) is 0 Å². The molecule has 0 heterocycles. The number of halogens is 1. The molecule has 0 aliphatic carbocycles. The summed E-state index contributed by atoms with van der Waals surface area (Å²) in [6, 6.07) is -0.831. The normalized spacial score (nSPS) is 14.1. The molecule has 0 aliphatic heterocycles. The quantitative estimate of drug-likeness (QED) is 0.589. The monoisotopic (exact) mass is 287 g/mol. The summed E-state index contributed by atoms with van der Waals surface area (Å²) in [6.07, 6.45) is 0. The van der Waals surface area contributed by atoms with E-state index < -0.39 is 22.0 Å². The van der Waals surface area contributed by atoms with Crippen molar-refractivity contribution in [3.05, 3.63) is 0 Å². The second kappa shape index (κ2) is 5.67. The van der Waals surface area contributed by atoms with Crippen LogP contribution in [0, 0.1) is 5.92 Å². The Hall–Kier alpha value is -0.140. The Balaban J connectivity index is 4.63. The Morgan fingerprint density at radius 2 is 2.00 bits per heavy atom. The number of sulfonamides is 1. The minimum Gasteiger partial charge on any atom is -0.468 e. The number of nitrogens with one attached hydrogen (secondary N) is 1. The van der Waals surface area contributed by atoms with E-state index in [4.69, 9.17) is 0 Å². The molecule has 1 atom stereocenters. The molecule has 7 heteroatoms. The van der Waals surface area contributed by atoms with Crippen LogP contribution >= 0.6 is 15.9 Å². The number of hydrogen-bond acceptors (Lipinski definition) is 4. The number of ether oxygens (including phenoxy) is 1. The van der Waals surface area contributed by atoms with Gasteiger partial charge in [0.05, 0.1) is 7.11 Å². The highest BCUT2D eigenvalue weighted by Crippen LogP contribution is 2.06. The summed E-state index contributed by atoms with van der Waals surface area (Å²) in [5.74, 6) is -0.735. The first-order valence-electron chi connectivity index (χ1n) is 3.98. The number of rotatable bonds is 5. The van der Waals surface area contributed by atoms with Gasteiger partial charge in [0.1, 0.15) is 10.7 Å². The molecular formula is C7H14BrNO4S. The molecule has 0 fully saturated rings. The molecule has 0 amide bonds. The van der Waals surface area contributed by atoms with Crippen molar-refractivity contribution in [1.82, 2.24) is 4.72 Å². The Morgan fingerprint density at radius 3 is 2.29 bits per heavy atom. The Labute approximate surface area is 92.4 Å². The summed E-state index contributed by atoms with van der Waals surface area (Å²) in [5.41, 5.74) is 0. The predicted octanol–water partition coefficient (Wildman–Crippen LogP) is 0.456. The number of alkyl halides is 1. The Bertz CT molecular complexity index is 288. The van der Waals surface area contributed by atoms with Crippen LogP contribution in [0.2, 0.25) is 0 Å². The fraction of sp³-hybridized carbons (Fsp3) is 0.857. The number of esters is 1. The molecule has 84 valence electrons. The molecule has 0 aliphatic rings. The van der Waals surface area contributed by atoms with Crippen molar-refractivity contribution in [2.24, 2.45) is 5.92 Å². The molecule has 5 nitrogen and oxygen atoms in total. The van der Waals surface area contributed by atoms with Crippen molar-refractivity contribution in [3.8, 4) is 0 Å². The third-order valence-corrected chi connectivity index (χ3v) is 4.28. The van der Waals surface area contributed by atoms with Gasteiger partial charge in [-0.3, -0.25) is 4.79 Å². The van der Waals surface area contributed by atoms with Gasteiger partial charge in [-0.05, 0) is 5.92 Å². The first-order valence-corrected chi connectivity index (χ1v) is 6.75. The maximum absolute atomic E-state index is 11.2. The van der Waals surface area contributed by atoms with Crippen LogP contribution in [0.3, 0.4) is 0 Å². The topological polar surface area (TPSA) is 72.5 Å². The summed E-state index contributed by atoms with van der Waals surface area (Å²) in [7, 11) is -2.23. The van der Waals surface area contributed by atoms with E-state index in [1.807, 2.05) is 0 Å². The highest BCUT2D eigenvalue weighted by atomic mass is 79.9. The van der Waals surface area contributed by atoms with Gasteiger partial charge in [-0.2, -0.15) is 4.72 Å². The predicted molar refractivity (Wildman–Crippen MR) is 56.5 cm³/mol. The average molecular weight is 288 g/mol. The zero-order valence-corrected chi connectivity index (χ0v) is 10.7. The first-order chi connectivity index (χ1) is 6.34. The van der Waals surface area contributed by atoms with E-state index in [0.717, 1.165) is 0 Å². The summed E-state index contributed by atoms with van der Waals surface area (Å²) < 4.78 is 28.8. The lowest BCUT2D eigenvalue weighted by atomic mass is 10.1. The minimum atomic E-state index is -3.45. The van der Waals surface area contributed by atoms with E-state index in [9.17, 15) is 13.2 Å². The van der Waals surface area contributed by atoms with Crippen molar-refractivity contribution in [2.75, 3.05) is 11.8 Å². The fourth-order valence-electron chi connectivity index (χ4n) is 0.808. The van der Waals surface area contributed by atoms with Crippen LogP contribution in [0.25, 0.3) is 0 Å². The van der Waals surface area contributed by atoms with Crippen molar-refractivity contribution in [2.45, 2.75) is 19.9 Å². The molecule has 0 aromatic rings. The van der Waals surface area contributed by atoms with Gasteiger partial charge in [-0.1, -0.05) is 29.8 Å². The van der Waals surface area contributed by atoms with E-state index in [1.165, 1.54) is 7.11 Å². The zero-order chi connectivity index (χ0) is 11.4. The standard InChI is InChI=1S/C7H14BrNO4S/c1-5(2)6(7(10)13-3)9-14(11,12)4-8/h5-6,9H,4H2,1-3H3/t6-/m0/s1. The van der Waals surface area contributed by atoms with Crippen LogP contribution < -0.4 is 4.72 Å². The summed E-state index contributed by atoms with van der Waals surface area (Å²) in [6.45, 7) is 3.47. The fourth-order valence-corrected chi connectivity index (χ4v) is 2.02. The molecule has 0 bridgehead atoms. The highest BCUT2D eigenvalue weighted by molar-refractivity contribution is 9.10. The maximum atomic E-state index is 11.2. The van der Waals surface area contributed by atoms with Gasteiger partial charge in [-0.25, -0.2) is 8.42 Å². The van der Waals surface area contributed by atoms with Crippen molar-refractivity contribution in [3.63, 3.8) is 0 Å². The van der Waals surface area contributed by atoms with Gasteiger partial charge in [0.25, 0.3) is 0 Å². The molecule has 0 unspecified atom stereocenters. The molecule has 14 heavy (non-hydrogen) atoms. The molecule has 0 aromatic carbocycles. The van der Waals surface area contributed by atoms with Crippen LogP contribution in [0.4, 0.5) is 0 Å². The number of methoxy groups -OCH3 is 1. The number of hydrogen-bond donors (Lipinski definition) is 1. The van der Waals surface area contributed by atoms with Crippen LogP contribution in [0.1, 0.15) is 13.8 Å². The van der Waals surface area contributed by atoms with Gasteiger partial charge in [0, 0.05) is 0 Å². The minimum absolute atomic E-state index is 0.156. The SMILES string of the molecule is COC(=O)[C@@H](NS(=O)(=O)CBr)C(C)C. The first kappa shape index (κ1) is 13.9. The van der Waals surface area contributed by atoms with Crippen molar-refractivity contribution < 1.29 is 17.9 Å². The molecule has 0 spiro atoms. The lowest BCUT2D eigenvalue weighted by Gasteiger charge is -2.18. The van der Waals surface area contributed by atoms with E-state index in [2.05, 4.69) is 25.4 Å². The Morgan fingerprint density at radius 1 is 1.50 bits per heavy atom. The summed E-state index contributed by atoms with van der Waals surface area (Å²) >= 11 is 2.82. The smallest absolute Gasteiger partial charge is 0.324 e.